The van der Waals surface area contributed by atoms with Crippen molar-refractivity contribution < 1.29 is 18.0 Å². The summed E-state index contributed by atoms with van der Waals surface area (Å²) < 4.78 is 23.2. The van der Waals surface area contributed by atoms with Crippen LogP contribution >= 0.6 is 0 Å². The van der Waals surface area contributed by atoms with Gasteiger partial charge in [0.2, 0.25) is 11.8 Å². The first kappa shape index (κ1) is 18.4. The zero-order chi connectivity index (χ0) is 18.1. The van der Waals surface area contributed by atoms with E-state index in [-0.39, 0.29) is 23.5 Å². The third kappa shape index (κ3) is 3.95. The molecule has 1 atom stereocenters. The van der Waals surface area contributed by atoms with Gasteiger partial charge in [-0.3, -0.25) is 9.59 Å². The number of benzene rings is 1. The number of anilines is 1. The summed E-state index contributed by atoms with van der Waals surface area (Å²) in [5.74, 6) is -0.740. The molecule has 0 aliphatic carbocycles. The summed E-state index contributed by atoms with van der Waals surface area (Å²) in [5.41, 5.74) is 0.349. The van der Waals surface area contributed by atoms with E-state index in [1.165, 1.54) is 4.90 Å². The Balaban J connectivity index is 2.10. The fourth-order valence-electron chi connectivity index (χ4n) is 2.79. The van der Waals surface area contributed by atoms with E-state index < -0.39 is 21.2 Å². The predicted molar refractivity (Wildman–Crippen MR) is 93.4 cm³/mol. The van der Waals surface area contributed by atoms with Crippen molar-refractivity contribution in [2.24, 2.45) is 5.41 Å². The maximum absolute atomic E-state index is 12.7. The van der Waals surface area contributed by atoms with Crippen LogP contribution in [-0.2, 0) is 19.4 Å². The van der Waals surface area contributed by atoms with Crippen LogP contribution in [0.5, 0.6) is 0 Å². The summed E-state index contributed by atoms with van der Waals surface area (Å²) in [7, 11) is -1.52. The fourth-order valence-corrected chi connectivity index (χ4v) is 4.57. The predicted octanol–water partition coefficient (Wildman–Crippen LogP) is 1.61. The molecule has 1 unspecified atom stereocenters. The SMILES string of the molecule is Cc1cccc(NC(=O)C(C)(C)C(=O)N(C)C2CCS(=O)(=O)C2)c1. The van der Waals surface area contributed by atoms with Crippen molar-refractivity contribution in [1.29, 1.82) is 0 Å². The van der Waals surface area contributed by atoms with Gasteiger partial charge in [-0.15, -0.1) is 0 Å². The Morgan fingerprint density at radius 3 is 2.50 bits per heavy atom. The second kappa shape index (κ2) is 6.55. The van der Waals surface area contributed by atoms with E-state index in [0.29, 0.717) is 12.1 Å². The van der Waals surface area contributed by atoms with Gasteiger partial charge in [0.1, 0.15) is 5.41 Å². The second-order valence-corrected chi connectivity index (χ2v) is 9.15. The quantitative estimate of drug-likeness (QED) is 0.835. The summed E-state index contributed by atoms with van der Waals surface area (Å²) in [6, 6.07) is 6.97. The first-order valence-electron chi connectivity index (χ1n) is 7.89. The van der Waals surface area contributed by atoms with Gasteiger partial charge in [-0.2, -0.15) is 0 Å². The van der Waals surface area contributed by atoms with Crippen LogP contribution in [0.2, 0.25) is 0 Å². The smallest absolute Gasteiger partial charge is 0.239 e. The molecule has 1 N–H and O–H groups in total. The zero-order valence-electron chi connectivity index (χ0n) is 14.5. The monoisotopic (exact) mass is 352 g/mol. The van der Waals surface area contributed by atoms with Crippen LogP contribution in [0.1, 0.15) is 25.8 Å². The zero-order valence-corrected chi connectivity index (χ0v) is 15.3. The van der Waals surface area contributed by atoms with E-state index in [1.807, 2.05) is 25.1 Å². The molecular weight excluding hydrogens is 328 g/mol. The molecule has 24 heavy (non-hydrogen) atoms. The van der Waals surface area contributed by atoms with E-state index in [2.05, 4.69) is 5.32 Å². The van der Waals surface area contributed by atoms with Gasteiger partial charge < -0.3 is 10.2 Å². The summed E-state index contributed by atoms with van der Waals surface area (Å²) >= 11 is 0. The minimum atomic E-state index is -3.09. The molecule has 1 saturated heterocycles. The van der Waals surface area contributed by atoms with Crippen molar-refractivity contribution in [2.45, 2.75) is 33.2 Å². The molecule has 1 fully saturated rings. The highest BCUT2D eigenvalue weighted by Crippen LogP contribution is 2.25. The first-order chi connectivity index (χ1) is 11.0. The molecule has 1 aliphatic heterocycles. The normalized spacial score (nSPS) is 19.8. The highest BCUT2D eigenvalue weighted by atomic mass is 32.2. The van der Waals surface area contributed by atoms with Gasteiger partial charge in [0.25, 0.3) is 0 Å². The second-order valence-electron chi connectivity index (χ2n) is 6.92. The molecule has 6 nitrogen and oxygen atoms in total. The van der Waals surface area contributed by atoms with Crippen LogP contribution in [0, 0.1) is 12.3 Å². The molecule has 0 saturated carbocycles. The molecule has 0 radical (unpaired) electrons. The van der Waals surface area contributed by atoms with Crippen LogP contribution in [-0.4, -0.2) is 49.7 Å². The molecule has 2 rings (SSSR count). The minimum Gasteiger partial charge on any atom is -0.341 e. The molecule has 1 aliphatic rings. The van der Waals surface area contributed by atoms with E-state index in [0.717, 1.165) is 5.56 Å². The number of hydrogen-bond donors (Lipinski definition) is 1. The van der Waals surface area contributed by atoms with Gasteiger partial charge in [-0.05, 0) is 44.9 Å². The summed E-state index contributed by atoms with van der Waals surface area (Å²) in [4.78, 5) is 26.7. The van der Waals surface area contributed by atoms with Crippen molar-refractivity contribution in [3.8, 4) is 0 Å². The Bertz CT molecular complexity index is 756. The van der Waals surface area contributed by atoms with E-state index in [1.54, 1.807) is 27.0 Å². The highest BCUT2D eigenvalue weighted by molar-refractivity contribution is 7.91. The number of sulfone groups is 1. The summed E-state index contributed by atoms with van der Waals surface area (Å²) in [6.07, 6.45) is 0.417. The molecule has 0 aromatic heterocycles. The van der Waals surface area contributed by atoms with E-state index in [4.69, 9.17) is 0 Å². The summed E-state index contributed by atoms with van der Waals surface area (Å²) in [5, 5.41) is 2.76. The Hall–Kier alpha value is -1.89. The van der Waals surface area contributed by atoms with Crippen molar-refractivity contribution in [2.75, 3.05) is 23.9 Å². The van der Waals surface area contributed by atoms with Crippen molar-refractivity contribution in [1.82, 2.24) is 4.90 Å². The van der Waals surface area contributed by atoms with Crippen LogP contribution in [0.3, 0.4) is 0 Å². The molecule has 0 bridgehead atoms. The average molecular weight is 352 g/mol. The van der Waals surface area contributed by atoms with Gasteiger partial charge >= 0.3 is 0 Å². The lowest BCUT2D eigenvalue weighted by Gasteiger charge is -2.31. The third-order valence-corrected chi connectivity index (χ3v) is 6.21. The fraction of sp³-hybridized carbons (Fsp3) is 0.529. The Morgan fingerprint density at radius 1 is 1.29 bits per heavy atom. The van der Waals surface area contributed by atoms with E-state index in [9.17, 15) is 18.0 Å². The lowest BCUT2D eigenvalue weighted by atomic mass is 9.89. The maximum Gasteiger partial charge on any atom is 0.239 e. The van der Waals surface area contributed by atoms with Crippen LogP contribution < -0.4 is 5.32 Å². The maximum atomic E-state index is 12.7. The highest BCUT2D eigenvalue weighted by Gasteiger charge is 2.42. The van der Waals surface area contributed by atoms with Crippen LogP contribution in [0.25, 0.3) is 0 Å². The summed E-state index contributed by atoms with van der Waals surface area (Å²) in [6.45, 7) is 5.03. The lowest BCUT2D eigenvalue weighted by molar-refractivity contribution is -0.146. The van der Waals surface area contributed by atoms with Gasteiger partial charge in [0.05, 0.1) is 11.5 Å². The largest absolute Gasteiger partial charge is 0.341 e. The third-order valence-electron chi connectivity index (χ3n) is 4.45. The first-order valence-corrected chi connectivity index (χ1v) is 9.71. The standard InChI is InChI=1S/C17H24N2O4S/c1-12-6-5-7-13(10-12)18-15(20)17(2,3)16(21)19(4)14-8-9-24(22,23)11-14/h5-7,10,14H,8-9,11H2,1-4H3,(H,18,20). The number of nitrogens with zero attached hydrogens (tertiary/aromatic N) is 1. The molecule has 1 aromatic rings. The molecule has 7 heteroatoms. The minimum absolute atomic E-state index is 0.0369. The molecule has 0 spiro atoms. The van der Waals surface area contributed by atoms with Gasteiger partial charge in [0.15, 0.2) is 9.84 Å². The molecular formula is C17H24N2O4S. The Labute approximate surface area is 143 Å². The topological polar surface area (TPSA) is 83.6 Å². The molecule has 132 valence electrons. The van der Waals surface area contributed by atoms with Crippen molar-refractivity contribution >= 4 is 27.3 Å². The van der Waals surface area contributed by atoms with Gasteiger partial charge in [0, 0.05) is 18.8 Å². The number of rotatable bonds is 4. The number of hydrogen-bond acceptors (Lipinski definition) is 4. The lowest BCUT2D eigenvalue weighted by Crippen LogP contribution is -2.49. The molecule has 1 aromatic carbocycles. The Morgan fingerprint density at radius 2 is 1.96 bits per heavy atom. The number of carbonyl (C=O) groups is 2. The average Bonchev–Trinajstić information content (AvgIpc) is 2.85. The van der Waals surface area contributed by atoms with Crippen LogP contribution in [0.15, 0.2) is 24.3 Å². The number of nitrogens with one attached hydrogen (secondary N) is 1. The molecule has 1 heterocycles. The van der Waals surface area contributed by atoms with Gasteiger partial charge in [-0.25, -0.2) is 8.42 Å². The van der Waals surface area contributed by atoms with E-state index >= 15 is 0 Å². The number of amides is 2. The van der Waals surface area contributed by atoms with Crippen LogP contribution in [0.4, 0.5) is 5.69 Å². The molecule has 2 amide bonds. The van der Waals surface area contributed by atoms with Crippen molar-refractivity contribution in [3.05, 3.63) is 29.8 Å². The Kier molecular flexibility index (Phi) is 5.03. The number of carbonyl (C=O) groups excluding carboxylic acids is 2. The number of aryl methyl sites for hydroxylation is 1. The van der Waals surface area contributed by atoms with Gasteiger partial charge in [-0.1, -0.05) is 12.1 Å². The van der Waals surface area contributed by atoms with Crippen molar-refractivity contribution in [3.63, 3.8) is 0 Å².